The van der Waals surface area contributed by atoms with Crippen LogP contribution in [0.25, 0.3) is 0 Å². The van der Waals surface area contributed by atoms with E-state index in [2.05, 4.69) is 18.3 Å². The molecule has 1 aromatic rings. The maximum absolute atomic E-state index is 12.8. The summed E-state index contributed by atoms with van der Waals surface area (Å²) in [6.45, 7) is 2.09. The predicted molar refractivity (Wildman–Crippen MR) is 86.8 cm³/mol. The van der Waals surface area contributed by atoms with Crippen molar-refractivity contribution in [2.45, 2.75) is 19.8 Å². The predicted octanol–water partition coefficient (Wildman–Crippen LogP) is 2.96. The van der Waals surface area contributed by atoms with Gasteiger partial charge in [-0.1, -0.05) is 31.2 Å². The number of hydrogen-bond acceptors (Lipinski definition) is 2. The van der Waals surface area contributed by atoms with Crippen LogP contribution in [0.4, 0.5) is 5.69 Å². The third-order valence-electron chi connectivity index (χ3n) is 5.87. The topological polar surface area (TPSA) is 66.4 Å². The summed E-state index contributed by atoms with van der Waals surface area (Å²) >= 11 is 0. The molecular formula is C19H21NO3. The standard InChI is InChI=1S/C19H21NO3/c1-2-10-3-5-11(6-4-10)20-18(21)16-12-7-8-13(15-9-14(12)15)17(16)19(22)23/h3-8,12-17H,2,9H2,1H3,(H,20,21)(H,22,23)/t12-,13-,14+,15-,16+,17-/m0/s1. The van der Waals surface area contributed by atoms with Gasteiger partial charge in [-0.2, -0.15) is 0 Å². The molecule has 0 aromatic heterocycles. The third-order valence-corrected chi connectivity index (χ3v) is 5.87. The second kappa shape index (κ2) is 5.22. The number of fused-ring (bicyclic) bond motifs is 1. The summed E-state index contributed by atoms with van der Waals surface area (Å²) in [5, 5.41) is 12.6. The van der Waals surface area contributed by atoms with Crippen molar-refractivity contribution in [1.82, 2.24) is 0 Å². The van der Waals surface area contributed by atoms with E-state index in [0.29, 0.717) is 11.8 Å². The largest absolute Gasteiger partial charge is 0.481 e. The number of carboxylic acids is 1. The Kier molecular flexibility index (Phi) is 3.29. The second-order valence-electron chi connectivity index (χ2n) is 7.03. The Morgan fingerprint density at radius 1 is 1.09 bits per heavy atom. The Morgan fingerprint density at radius 2 is 1.70 bits per heavy atom. The van der Waals surface area contributed by atoms with Crippen molar-refractivity contribution < 1.29 is 14.7 Å². The Morgan fingerprint density at radius 3 is 2.26 bits per heavy atom. The van der Waals surface area contributed by atoms with Gasteiger partial charge < -0.3 is 10.4 Å². The zero-order valence-electron chi connectivity index (χ0n) is 13.1. The summed E-state index contributed by atoms with van der Waals surface area (Å²) in [5.74, 6) is -0.900. The number of benzene rings is 1. The quantitative estimate of drug-likeness (QED) is 0.840. The van der Waals surface area contributed by atoms with Gasteiger partial charge >= 0.3 is 5.97 Å². The highest BCUT2D eigenvalue weighted by molar-refractivity contribution is 5.96. The molecule has 0 heterocycles. The Balaban J connectivity index is 1.56. The fourth-order valence-corrected chi connectivity index (χ4v) is 4.62. The van der Waals surface area contributed by atoms with E-state index < -0.39 is 17.8 Å². The monoisotopic (exact) mass is 311 g/mol. The number of carbonyl (C=O) groups excluding carboxylic acids is 1. The number of hydrogen-bond donors (Lipinski definition) is 2. The van der Waals surface area contributed by atoms with Crippen LogP contribution >= 0.6 is 0 Å². The minimum atomic E-state index is -0.837. The van der Waals surface area contributed by atoms with Gasteiger partial charge in [0.15, 0.2) is 0 Å². The summed E-state index contributed by atoms with van der Waals surface area (Å²) in [5.41, 5.74) is 1.96. The summed E-state index contributed by atoms with van der Waals surface area (Å²) in [6.07, 6.45) is 6.15. The molecule has 4 nitrogen and oxygen atoms in total. The SMILES string of the molecule is CCc1ccc(NC(=O)[C@@H]2[C@H]3C=C[C@@H]([C@@H]4C[C@H]34)[C@@H]2C(=O)O)cc1. The lowest BCUT2D eigenvalue weighted by Gasteiger charge is -2.41. The highest BCUT2D eigenvalue weighted by Crippen LogP contribution is 2.63. The number of carboxylic acid groups (broad SMARTS) is 1. The van der Waals surface area contributed by atoms with Gasteiger partial charge in [-0.3, -0.25) is 9.59 Å². The van der Waals surface area contributed by atoms with E-state index in [1.54, 1.807) is 0 Å². The van der Waals surface area contributed by atoms with Crippen LogP contribution in [0.5, 0.6) is 0 Å². The van der Waals surface area contributed by atoms with E-state index in [4.69, 9.17) is 0 Å². The second-order valence-corrected chi connectivity index (χ2v) is 7.03. The molecule has 2 N–H and O–H groups in total. The van der Waals surface area contributed by atoms with Crippen molar-refractivity contribution in [3.05, 3.63) is 42.0 Å². The van der Waals surface area contributed by atoms with E-state index in [1.807, 2.05) is 30.3 Å². The number of carbonyl (C=O) groups is 2. The van der Waals surface area contributed by atoms with Crippen molar-refractivity contribution in [2.75, 3.05) is 5.32 Å². The molecule has 2 bridgehead atoms. The van der Waals surface area contributed by atoms with Crippen LogP contribution in [0, 0.1) is 35.5 Å². The number of amides is 1. The highest BCUT2D eigenvalue weighted by atomic mass is 16.4. The summed E-state index contributed by atoms with van der Waals surface area (Å²) in [4.78, 5) is 24.5. The number of anilines is 1. The molecule has 4 heteroatoms. The third kappa shape index (κ3) is 2.28. The van der Waals surface area contributed by atoms with Gasteiger partial charge in [0.05, 0.1) is 11.8 Å². The number of nitrogens with one attached hydrogen (secondary N) is 1. The fraction of sp³-hybridized carbons (Fsp3) is 0.474. The average Bonchev–Trinajstić information content (AvgIpc) is 3.37. The lowest BCUT2D eigenvalue weighted by molar-refractivity contribution is -0.152. The summed E-state index contributed by atoms with van der Waals surface area (Å²) in [6, 6.07) is 7.77. The van der Waals surface area contributed by atoms with Crippen molar-refractivity contribution in [3.8, 4) is 0 Å². The van der Waals surface area contributed by atoms with Crippen molar-refractivity contribution in [3.63, 3.8) is 0 Å². The van der Waals surface area contributed by atoms with E-state index >= 15 is 0 Å². The van der Waals surface area contributed by atoms with Crippen LogP contribution < -0.4 is 5.32 Å². The lowest BCUT2D eigenvalue weighted by atomic mass is 9.62. The molecule has 2 saturated carbocycles. The van der Waals surface area contributed by atoms with Crippen LogP contribution in [0.15, 0.2) is 36.4 Å². The van der Waals surface area contributed by atoms with Gasteiger partial charge in [0.25, 0.3) is 0 Å². The molecule has 0 saturated heterocycles. The number of aryl methyl sites for hydroxylation is 1. The smallest absolute Gasteiger partial charge is 0.307 e. The van der Waals surface area contributed by atoms with Gasteiger partial charge in [-0.05, 0) is 54.2 Å². The molecule has 5 rings (SSSR count). The maximum atomic E-state index is 12.8. The van der Waals surface area contributed by atoms with Crippen molar-refractivity contribution in [2.24, 2.45) is 35.5 Å². The molecule has 4 aliphatic carbocycles. The highest BCUT2D eigenvalue weighted by Gasteiger charge is 2.62. The van der Waals surface area contributed by atoms with Gasteiger partial charge in [-0.15, -0.1) is 0 Å². The summed E-state index contributed by atoms with van der Waals surface area (Å²) < 4.78 is 0. The molecule has 4 aliphatic rings. The zero-order chi connectivity index (χ0) is 16.1. The molecule has 0 aliphatic heterocycles. The molecule has 6 atom stereocenters. The maximum Gasteiger partial charge on any atom is 0.307 e. The number of rotatable bonds is 4. The van der Waals surface area contributed by atoms with E-state index in [-0.39, 0.29) is 17.7 Å². The van der Waals surface area contributed by atoms with E-state index in [0.717, 1.165) is 18.5 Å². The van der Waals surface area contributed by atoms with Gasteiger partial charge in [0, 0.05) is 5.69 Å². The molecule has 0 unspecified atom stereocenters. The van der Waals surface area contributed by atoms with Crippen LogP contribution in [-0.2, 0) is 16.0 Å². The van der Waals surface area contributed by atoms with Crippen LogP contribution in [-0.4, -0.2) is 17.0 Å². The Bertz CT molecular complexity index is 678. The molecule has 0 radical (unpaired) electrons. The van der Waals surface area contributed by atoms with Crippen LogP contribution in [0.2, 0.25) is 0 Å². The molecule has 120 valence electrons. The summed E-state index contributed by atoms with van der Waals surface area (Å²) in [7, 11) is 0. The molecular weight excluding hydrogens is 290 g/mol. The van der Waals surface area contributed by atoms with Crippen LogP contribution in [0.1, 0.15) is 18.9 Å². The molecule has 23 heavy (non-hydrogen) atoms. The Labute approximate surface area is 135 Å². The first kappa shape index (κ1) is 14.5. The number of allylic oxidation sites excluding steroid dienone is 2. The van der Waals surface area contributed by atoms with Gasteiger partial charge in [0.1, 0.15) is 0 Å². The van der Waals surface area contributed by atoms with Crippen molar-refractivity contribution in [1.29, 1.82) is 0 Å². The molecule has 1 amide bonds. The number of aliphatic carboxylic acids is 1. The first-order valence-corrected chi connectivity index (χ1v) is 8.41. The minimum absolute atomic E-state index is 0.0284. The normalized spacial score (nSPS) is 36.4. The Hall–Kier alpha value is -2.10. The molecule has 1 aromatic carbocycles. The van der Waals surface area contributed by atoms with E-state index in [1.165, 1.54) is 5.56 Å². The average molecular weight is 311 g/mol. The lowest BCUT2D eigenvalue weighted by Crippen LogP contribution is -2.48. The van der Waals surface area contributed by atoms with Crippen molar-refractivity contribution >= 4 is 17.6 Å². The zero-order valence-corrected chi connectivity index (χ0v) is 13.1. The van der Waals surface area contributed by atoms with E-state index in [9.17, 15) is 14.7 Å². The van der Waals surface area contributed by atoms with Crippen LogP contribution in [0.3, 0.4) is 0 Å². The minimum Gasteiger partial charge on any atom is -0.481 e. The molecule has 0 spiro atoms. The fourth-order valence-electron chi connectivity index (χ4n) is 4.62. The first-order valence-electron chi connectivity index (χ1n) is 8.41. The first-order chi connectivity index (χ1) is 11.1. The molecule has 2 fully saturated rings. The van der Waals surface area contributed by atoms with Gasteiger partial charge in [0.2, 0.25) is 5.91 Å². The van der Waals surface area contributed by atoms with Gasteiger partial charge in [-0.25, -0.2) is 0 Å².